The fourth-order valence-electron chi connectivity index (χ4n) is 2.60. The lowest BCUT2D eigenvalue weighted by atomic mass is 9.94. The second-order valence-corrected chi connectivity index (χ2v) is 4.96. The highest BCUT2D eigenvalue weighted by atomic mass is 15.3. The first-order valence-corrected chi connectivity index (χ1v) is 5.48. The van der Waals surface area contributed by atoms with Crippen LogP contribution in [-0.4, -0.2) is 35.6 Å². The monoisotopic (exact) mass is 184 g/mol. The standard InChI is InChI=1S/C11H24N2/c1-6-9(2)13-10(3)7-12-8-11(13,4)5/h9-10,12H,6-8H2,1-5H3. The van der Waals surface area contributed by atoms with Crippen molar-refractivity contribution in [1.82, 2.24) is 10.2 Å². The topological polar surface area (TPSA) is 15.3 Å². The van der Waals surface area contributed by atoms with E-state index < -0.39 is 0 Å². The highest BCUT2D eigenvalue weighted by molar-refractivity contribution is 4.94. The van der Waals surface area contributed by atoms with E-state index in [-0.39, 0.29) is 0 Å². The summed E-state index contributed by atoms with van der Waals surface area (Å²) in [7, 11) is 0. The molecule has 1 heterocycles. The highest BCUT2D eigenvalue weighted by Crippen LogP contribution is 2.24. The summed E-state index contributed by atoms with van der Waals surface area (Å²) in [6.45, 7) is 13.8. The van der Waals surface area contributed by atoms with E-state index in [1.807, 2.05) is 0 Å². The van der Waals surface area contributed by atoms with Crippen LogP contribution >= 0.6 is 0 Å². The Morgan fingerprint density at radius 1 is 1.54 bits per heavy atom. The van der Waals surface area contributed by atoms with E-state index >= 15 is 0 Å². The minimum Gasteiger partial charge on any atom is -0.313 e. The molecule has 0 bridgehead atoms. The molecule has 1 aliphatic heterocycles. The third-order valence-electron chi connectivity index (χ3n) is 3.24. The summed E-state index contributed by atoms with van der Waals surface area (Å²) >= 11 is 0. The van der Waals surface area contributed by atoms with Crippen molar-refractivity contribution in [2.75, 3.05) is 13.1 Å². The van der Waals surface area contributed by atoms with Gasteiger partial charge in [-0.05, 0) is 34.1 Å². The van der Waals surface area contributed by atoms with Crippen LogP contribution in [-0.2, 0) is 0 Å². The fourth-order valence-corrected chi connectivity index (χ4v) is 2.60. The van der Waals surface area contributed by atoms with Crippen LogP contribution in [0.25, 0.3) is 0 Å². The fraction of sp³-hybridized carbons (Fsp3) is 1.00. The molecule has 0 radical (unpaired) electrons. The van der Waals surface area contributed by atoms with Crippen LogP contribution in [0, 0.1) is 0 Å². The van der Waals surface area contributed by atoms with Gasteiger partial charge >= 0.3 is 0 Å². The molecule has 0 aliphatic carbocycles. The van der Waals surface area contributed by atoms with Crippen molar-refractivity contribution in [1.29, 1.82) is 0 Å². The summed E-state index contributed by atoms with van der Waals surface area (Å²) in [5.74, 6) is 0. The molecule has 1 fully saturated rings. The first-order valence-electron chi connectivity index (χ1n) is 5.48. The maximum absolute atomic E-state index is 3.49. The van der Waals surface area contributed by atoms with Crippen LogP contribution in [0.15, 0.2) is 0 Å². The zero-order chi connectivity index (χ0) is 10.1. The molecule has 2 nitrogen and oxygen atoms in total. The lowest BCUT2D eigenvalue weighted by molar-refractivity contribution is 0.00901. The largest absolute Gasteiger partial charge is 0.313 e. The lowest BCUT2D eigenvalue weighted by Gasteiger charge is -2.50. The lowest BCUT2D eigenvalue weighted by Crippen LogP contribution is -2.64. The Hall–Kier alpha value is -0.0800. The summed E-state index contributed by atoms with van der Waals surface area (Å²) < 4.78 is 0. The first kappa shape index (κ1) is 11.0. The third-order valence-corrected chi connectivity index (χ3v) is 3.24. The first-order chi connectivity index (χ1) is 5.99. The van der Waals surface area contributed by atoms with Gasteiger partial charge in [0.05, 0.1) is 0 Å². The second-order valence-electron chi connectivity index (χ2n) is 4.96. The molecule has 13 heavy (non-hydrogen) atoms. The highest BCUT2D eigenvalue weighted by Gasteiger charge is 2.36. The van der Waals surface area contributed by atoms with E-state index in [0.29, 0.717) is 17.6 Å². The Labute approximate surface area is 82.7 Å². The van der Waals surface area contributed by atoms with E-state index in [4.69, 9.17) is 0 Å². The molecule has 1 N–H and O–H groups in total. The van der Waals surface area contributed by atoms with Crippen LogP contribution in [0.4, 0.5) is 0 Å². The molecule has 0 aromatic rings. The summed E-state index contributed by atoms with van der Waals surface area (Å²) in [4.78, 5) is 2.66. The van der Waals surface area contributed by atoms with E-state index in [9.17, 15) is 0 Å². The molecule has 1 saturated heterocycles. The average Bonchev–Trinajstić information content (AvgIpc) is 2.02. The molecular weight excluding hydrogens is 160 g/mol. The molecule has 1 rings (SSSR count). The summed E-state index contributed by atoms with van der Waals surface area (Å²) in [5.41, 5.74) is 0.313. The average molecular weight is 184 g/mol. The van der Waals surface area contributed by atoms with Crippen LogP contribution in [0.2, 0.25) is 0 Å². The molecule has 0 aromatic carbocycles. The van der Waals surface area contributed by atoms with Gasteiger partial charge in [0.25, 0.3) is 0 Å². The Balaban J connectivity index is 2.74. The van der Waals surface area contributed by atoms with Gasteiger partial charge in [0, 0.05) is 30.7 Å². The van der Waals surface area contributed by atoms with Gasteiger partial charge in [-0.2, -0.15) is 0 Å². The van der Waals surface area contributed by atoms with E-state index in [2.05, 4.69) is 44.8 Å². The van der Waals surface area contributed by atoms with Crippen molar-refractivity contribution in [3.63, 3.8) is 0 Å². The normalized spacial score (nSPS) is 31.6. The van der Waals surface area contributed by atoms with Crippen molar-refractivity contribution in [3.05, 3.63) is 0 Å². The molecule has 2 heteroatoms. The summed E-state index contributed by atoms with van der Waals surface area (Å²) in [5, 5.41) is 3.49. The molecule has 0 aromatic heterocycles. The van der Waals surface area contributed by atoms with E-state index in [1.165, 1.54) is 6.42 Å². The number of nitrogens with zero attached hydrogens (tertiary/aromatic N) is 1. The molecule has 1 aliphatic rings. The van der Waals surface area contributed by atoms with E-state index in [1.54, 1.807) is 0 Å². The Morgan fingerprint density at radius 3 is 2.62 bits per heavy atom. The van der Waals surface area contributed by atoms with Gasteiger partial charge in [0.2, 0.25) is 0 Å². The van der Waals surface area contributed by atoms with Crippen LogP contribution in [0.3, 0.4) is 0 Å². The minimum atomic E-state index is 0.313. The molecule has 2 atom stereocenters. The van der Waals surface area contributed by atoms with Gasteiger partial charge in [-0.3, -0.25) is 4.90 Å². The maximum Gasteiger partial charge on any atom is 0.0283 e. The third kappa shape index (κ3) is 2.23. The predicted molar refractivity (Wildman–Crippen MR) is 58.0 cm³/mol. The van der Waals surface area contributed by atoms with Crippen LogP contribution in [0.1, 0.15) is 41.0 Å². The van der Waals surface area contributed by atoms with Crippen LogP contribution in [0.5, 0.6) is 0 Å². The molecule has 78 valence electrons. The van der Waals surface area contributed by atoms with Gasteiger partial charge < -0.3 is 5.32 Å². The molecular formula is C11H24N2. The number of hydrogen-bond acceptors (Lipinski definition) is 2. The SMILES string of the molecule is CCC(C)N1C(C)CNCC1(C)C. The van der Waals surface area contributed by atoms with Crippen molar-refractivity contribution >= 4 is 0 Å². The number of rotatable bonds is 2. The van der Waals surface area contributed by atoms with Crippen LogP contribution < -0.4 is 5.32 Å². The minimum absolute atomic E-state index is 0.313. The zero-order valence-corrected chi connectivity index (χ0v) is 9.72. The van der Waals surface area contributed by atoms with Gasteiger partial charge in [-0.15, -0.1) is 0 Å². The molecule has 0 saturated carbocycles. The number of nitrogens with one attached hydrogen (secondary N) is 1. The number of piperazine rings is 1. The van der Waals surface area contributed by atoms with Crippen molar-refractivity contribution in [3.8, 4) is 0 Å². The Kier molecular flexibility index (Phi) is 3.36. The summed E-state index contributed by atoms with van der Waals surface area (Å²) in [6, 6.07) is 1.37. The quantitative estimate of drug-likeness (QED) is 0.704. The molecule has 0 spiro atoms. The maximum atomic E-state index is 3.49. The zero-order valence-electron chi connectivity index (χ0n) is 9.72. The van der Waals surface area contributed by atoms with Crippen molar-refractivity contribution < 1.29 is 0 Å². The van der Waals surface area contributed by atoms with Gasteiger partial charge in [0.1, 0.15) is 0 Å². The number of hydrogen-bond donors (Lipinski definition) is 1. The summed E-state index contributed by atoms with van der Waals surface area (Å²) in [6.07, 6.45) is 1.24. The van der Waals surface area contributed by atoms with Crippen molar-refractivity contribution in [2.45, 2.75) is 58.7 Å². The molecule has 2 unspecified atom stereocenters. The second kappa shape index (κ2) is 3.97. The Morgan fingerprint density at radius 2 is 2.15 bits per heavy atom. The van der Waals surface area contributed by atoms with Gasteiger partial charge in [0.15, 0.2) is 0 Å². The Bertz CT molecular complexity index is 161. The molecule has 0 amide bonds. The van der Waals surface area contributed by atoms with E-state index in [0.717, 1.165) is 13.1 Å². The van der Waals surface area contributed by atoms with Crippen molar-refractivity contribution in [2.24, 2.45) is 0 Å². The van der Waals surface area contributed by atoms with Gasteiger partial charge in [-0.1, -0.05) is 6.92 Å². The smallest absolute Gasteiger partial charge is 0.0283 e. The van der Waals surface area contributed by atoms with Gasteiger partial charge in [-0.25, -0.2) is 0 Å². The predicted octanol–water partition coefficient (Wildman–Crippen LogP) is 1.86.